The first-order valence-corrected chi connectivity index (χ1v) is 11.6. The van der Waals surface area contributed by atoms with E-state index in [9.17, 15) is 0 Å². The predicted octanol–water partition coefficient (Wildman–Crippen LogP) is 9.13. The van der Waals surface area contributed by atoms with Crippen LogP contribution in [0.15, 0.2) is 0 Å². The molecule has 0 bridgehead atoms. The second kappa shape index (κ2) is 19.3. The summed E-state index contributed by atoms with van der Waals surface area (Å²) in [5, 5.41) is 0. The molecule has 0 saturated carbocycles. The van der Waals surface area contributed by atoms with Gasteiger partial charge in [-0.3, -0.25) is 0 Å². The molecular formula is C24H49. The van der Waals surface area contributed by atoms with E-state index in [4.69, 9.17) is 0 Å². The molecule has 0 aliphatic heterocycles. The molecule has 0 aromatic carbocycles. The molecule has 2 unspecified atom stereocenters. The highest BCUT2D eigenvalue weighted by Crippen LogP contribution is 2.26. The van der Waals surface area contributed by atoms with E-state index in [1.807, 2.05) is 0 Å². The third-order valence-electron chi connectivity index (χ3n) is 5.47. The van der Waals surface area contributed by atoms with Crippen LogP contribution in [0.5, 0.6) is 0 Å². The van der Waals surface area contributed by atoms with Crippen LogP contribution in [0.2, 0.25) is 0 Å². The van der Waals surface area contributed by atoms with Gasteiger partial charge in [-0.1, -0.05) is 137 Å². The maximum absolute atomic E-state index is 2.74. The fourth-order valence-corrected chi connectivity index (χ4v) is 3.81. The topological polar surface area (TPSA) is 0 Å². The molecule has 1 radical (unpaired) electrons. The molecular weight excluding hydrogens is 288 g/mol. The van der Waals surface area contributed by atoms with Gasteiger partial charge in [0.2, 0.25) is 0 Å². The Morgan fingerprint density at radius 3 is 1.42 bits per heavy atom. The Morgan fingerprint density at radius 1 is 0.500 bits per heavy atom. The Hall–Kier alpha value is 0. The molecule has 0 heteroatoms. The van der Waals surface area contributed by atoms with Crippen molar-refractivity contribution in [1.29, 1.82) is 0 Å². The summed E-state index contributed by atoms with van der Waals surface area (Å²) in [6, 6.07) is 0. The maximum atomic E-state index is 2.74. The van der Waals surface area contributed by atoms with Gasteiger partial charge in [-0.15, -0.1) is 0 Å². The summed E-state index contributed by atoms with van der Waals surface area (Å²) in [4.78, 5) is 0. The molecule has 0 aliphatic rings. The first-order chi connectivity index (χ1) is 11.7. The van der Waals surface area contributed by atoms with Crippen molar-refractivity contribution in [3.05, 3.63) is 6.42 Å². The highest BCUT2D eigenvalue weighted by molar-refractivity contribution is 4.81. The van der Waals surface area contributed by atoms with Crippen LogP contribution in [0.1, 0.15) is 137 Å². The average molecular weight is 338 g/mol. The summed E-state index contributed by atoms with van der Waals surface area (Å²) in [5.41, 5.74) is 0. The van der Waals surface area contributed by atoms with Gasteiger partial charge in [-0.05, 0) is 18.3 Å². The van der Waals surface area contributed by atoms with Gasteiger partial charge in [0.05, 0.1) is 0 Å². The highest BCUT2D eigenvalue weighted by atomic mass is 14.2. The largest absolute Gasteiger partial charge is 0.0654 e. The lowest BCUT2D eigenvalue weighted by Crippen LogP contribution is -2.08. The fraction of sp³-hybridized carbons (Fsp3) is 0.958. The zero-order chi connectivity index (χ0) is 17.9. The molecule has 0 saturated heterocycles. The molecule has 0 aromatic heterocycles. The van der Waals surface area contributed by atoms with Crippen LogP contribution in [-0.2, 0) is 0 Å². The van der Waals surface area contributed by atoms with E-state index in [-0.39, 0.29) is 0 Å². The summed E-state index contributed by atoms with van der Waals surface area (Å²) in [6.07, 6.45) is 27.0. The first kappa shape index (κ1) is 24.0. The molecule has 0 aromatic rings. The lowest BCUT2D eigenvalue weighted by molar-refractivity contribution is 0.399. The Kier molecular flexibility index (Phi) is 19.3. The first-order valence-electron chi connectivity index (χ1n) is 11.6. The minimum atomic E-state index is 0.832. The smallest absolute Gasteiger partial charge is 0.0326 e. The third kappa shape index (κ3) is 16.8. The lowest BCUT2D eigenvalue weighted by atomic mass is 9.85. The minimum absolute atomic E-state index is 0.832. The summed E-state index contributed by atoms with van der Waals surface area (Å²) in [7, 11) is 0. The normalized spacial score (nSPS) is 14.0. The Balaban J connectivity index is 3.87. The number of hydrogen-bond acceptors (Lipinski definition) is 0. The number of hydrogen-bond donors (Lipinski definition) is 0. The van der Waals surface area contributed by atoms with E-state index in [0.29, 0.717) is 0 Å². The van der Waals surface area contributed by atoms with Gasteiger partial charge < -0.3 is 0 Å². The SMILES string of the molecule is CCCCCCCCC([CH]C(C)CCCCCCC)CCCCC. The van der Waals surface area contributed by atoms with Crippen molar-refractivity contribution in [3.8, 4) is 0 Å². The van der Waals surface area contributed by atoms with Crippen molar-refractivity contribution in [3.63, 3.8) is 0 Å². The molecule has 0 fully saturated rings. The number of unbranched alkanes of at least 4 members (excludes halogenated alkanes) is 11. The zero-order valence-corrected chi connectivity index (χ0v) is 17.8. The standard InChI is InChI=1S/C24H49/c1-5-8-11-13-15-18-21-24(20-16-10-7-3)22-23(4)19-17-14-12-9-6-2/h22-24H,5-21H2,1-4H3. The van der Waals surface area contributed by atoms with E-state index in [0.717, 1.165) is 11.8 Å². The molecule has 0 N–H and O–H groups in total. The summed E-state index contributed by atoms with van der Waals surface area (Å²) < 4.78 is 0. The highest BCUT2D eigenvalue weighted by Gasteiger charge is 2.13. The third-order valence-corrected chi connectivity index (χ3v) is 5.47. The van der Waals surface area contributed by atoms with Crippen LogP contribution < -0.4 is 0 Å². The van der Waals surface area contributed by atoms with Gasteiger partial charge in [0.25, 0.3) is 0 Å². The second-order valence-electron chi connectivity index (χ2n) is 8.18. The van der Waals surface area contributed by atoms with Gasteiger partial charge in [-0.25, -0.2) is 0 Å². The predicted molar refractivity (Wildman–Crippen MR) is 112 cm³/mol. The lowest BCUT2D eigenvalue weighted by Gasteiger charge is -2.21. The fourth-order valence-electron chi connectivity index (χ4n) is 3.81. The van der Waals surface area contributed by atoms with Crippen LogP contribution in [0.3, 0.4) is 0 Å². The Labute approximate surface area is 155 Å². The van der Waals surface area contributed by atoms with Crippen molar-refractivity contribution >= 4 is 0 Å². The van der Waals surface area contributed by atoms with Crippen LogP contribution in [-0.4, -0.2) is 0 Å². The molecule has 0 aliphatic carbocycles. The van der Waals surface area contributed by atoms with E-state index < -0.39 is 0 Å². The molecule has 0 heterocycles. The summed E-state index contributed by atoms with van der Waals surface area (Å²) >= 11 is 0. The van der Waals surface area contributed by atoms with Crippen molar-refractivity contribution in [1.82, 2.24) is 0 Å². The van der Waals surface area contributed by atoms with Crippen LogP contribution in [0.25, 0.3) is 0 Å². The molecule has 0 rings (SSSR count). The summed E-state index contributed by atoms with van der Waals surface area (Å²) in [6.45, 7) is 9.40. The van der Waals surface area contributed by atoms with Gasteiger partial charge >= 0.3 is 0 Å². The molecule has 145 valence electrons. The second-order valence-corrected chi connectivity index (χ2v) is 8.18. The molecule has 0 amide bonds. The molecule has 0 spiro atoms. The quantitative estimate of drug-likeness (QED) is 0.206. The zero-order valence-electron chi connectivity index (χ0n) is 17.8. The average Bonchev–Trinajstić information content (AvgIpc) is 2.57. The Bertz CT molecular complexity index is 220. The van der Waals surface area contributed by atoms with Crippen LogP contribution in [0, 0.1) is 18.3 Å². The molecule has 2 atom stereocenters. The van der Waals surface area contributed by atoms with E-state index in [1.165, 1.54) is 109 Å². The van der Waals surface area contributed by atoms with Crippen molar-refractivity contribution in [2.75, 3.05) is 0 Å². The van der Waals surface area contributed by atoms with Gasteiger partial charge in [-0.2, -0.15) is 0 Å². The van der Waals surface area contributed by atoms with Gasteiger partial charge in [0.15, 0.2) is 0 Å². The molecule has 0 nitrogen and oxygen atoms in total. The molecule has 24 heavy (non-hydrogen) atoms. The van der Waals surface area contributed by atoms with E-state index >= 15 is 0 Å². The van der Waals surface area contributed by atoms with E-state index in [2.05, 4.69) is 34.1 Å². The van der Waals surface area contributed by atoms with Crippen LogP contribution in [0.4, 0.5) is 0 Å². The van der Waals surface area contributed by atoms with Crippen molar-refractivity contribution in [2.45, 2.75) is 137 Å². The van der Waals surface area contributed by atoms with Gasteiger partial charge in [0.1, 0.15) is 0 Å². The van der Waals surface area contributed by atoms with E-state index in [1.54, 1.807) is 0 Å². The Morgan fingerprint density at radius 2 is 0.875 bits per heavy atom. The number of rotatable bonds is 19. The maximum Gasteiger partial charge on any atom is -0.0326 e. The van der Waals surface area contributed by atoms with Gasteiger partial charge in [0, 0.05) is 0 Å². The summed E-state index contributed by atoms with van der Waals surface area (Å²) in [5.74, 6) is 1.73. The van der Waals surface area contributed by atoms with Crippen LogP contribution >= 0.6 is 0 Å². The minimum Gasteiger partial charge on any atom is -0.0654 e. The monoisotopic (exact) mass is 337 g/mol. The van der Waals surface area contributed by atoms with Crippen molar-refractivity contribution in [2.24, 2.45) is 11.8 Å². The van der Waals surface area contributed by atoms with Crippen molar-refractivity contribution < 1.29 is 0 Å².